The molecule has 4 nitrogen and oxygen atoms in total. The van der Waals surface area contributed by atoms with E-state index in [4.69, 9.17) is 16.3 Å². The summed E-state index contributed by atoms with van der Waals surface area (Å²) in [4.78, 5) is 0. The highest BCUT2D eigenvalue weighted by atomic mass is 35.5. The van der Waals surface area contributed by atoms with Crippen molar-refractivity contribution >= 4 is 29.0 Å². The minimum atomic E-state index is -4.51. The van der Waals surface area contributed by atoms with Crippen molar-refractivity contribution in [1.29, 1.82) is 0 Å². The van der Waals surface area contributed by atoms with E-state index in [0.717, 1.165) is 12.3 Å². The van der Waals surface area contributed by atoms with Crippen LogP contribution in [0.4, 0.5) is 17.6 Å². The molecule has 1 aromatic carbocycles. The van der Waals surface area contributed by atoms with Crippen LogP contribution in [0, 0.1) is 5.82 Å². The van der Waals surface area contributed by atoms with E-state index in [-0.39, 0.29) is 16.5 Å². The topological polar surface area (TPSA) is 39.4 Å². The van der Waals surface area contributed by atoms with Crippen LogP contribution in [0.25, 0.3) is 5.65 Å². The number of ether oxygens (including phenoxy) is 1. The lowest BCUT2D eigenvalue weighted by atomic mass is 10.3. The van der Waals surface area contributed by atoms with Crippen LogP contribution in [0.2, 0.25) is 5.02 Å². The smallest absolute Gasteiger partial charge is 0.417 e. The third kappa shape index (κ3) is 4.39. The van der Waals surface area contributed by atoms with Gasteiger partial charge in [-0.1, -0.05) is 23.4 Å². The van der Waals surface area contributed by atoms with Crippen molar-refractivity contribution in [3.05, 3.63) is 52.9 Å². The minimum Gasteiger partial charge on any atom is -0.494 e. The molecule has 3 rings (SSSR count). The summed E-state index contributed by atoms with van der Waals surface area (Å²) in [6.45, 7) is 0.379. The van der Waals surface area contributed by atoms with Crippen molar-refractivity contribution in [3.63, 3.8) is 0 Å². The molecule has 0 saturated carbocycles. The Morgan fingerprint density at radius 1 is 1.15 bits per heavy atom. The van der Waals surface area contributed by atoms with Crippen LogP contribution >= 0.6 is 23.4 Å². The lowest BCUT2D eigenvalue weighted by Crippen LogP contribution is -2.07. The SMILES string of the molecule is Fc1ccc(OCCCSc2nnc3c(Cl)cc(C(F)(F)F)cn23)cc1. The second-order valence-electron chi connectivity index (χ2n) is 5.26. The number of rotatable bonds is 6. The molecule has 0 spiro atoms. The van der Waals surface area contributed by atoms with E-state index in [1.54, 1.807) is 0 Å². The summed E-state index contributed by atoms with van der Waals surface area (Å²) < 4.78 is 58.2. The molecule has 26 heavy (non-hydrogen) atoms. The largest absolute Gasteiger partial charge is 0.494 e. The summed E-state index contributed by atoms with van der Waals surface area (Å²) in [7, 11) is 0. The monoisotopic (exact) mass is 405 g/mol. The normalized spacial score (nSPS) is 11.9. The van der Waals surface area contributed by atoms with Crippen LogP contribution in [-0.2, 0) is 6.18 Å². The molecule has 0 aliphatic carbocycles. The Labute approximate surface area is 155 Å². The van der Waals surface area contributed by atoms with Gasteiger partial charge in [0.15, 0.2) is 10.8 Å². The Kier molecular flexibility index (Phi) is 5.57. The first-order chi connectivity index (χ1) is 12.3. The van der Waals surface area contributed by atoms with E-state index < -0.39 is 11.7 Å². The fraction of sp³-hybridized carbons (Fsp3) is 0.250. The first kappa shape index (κ1) is 18.8. The van der Waals surface area contributed by atoms with Crippen molar-refractivity contribution < 1.29 is 22.3 Å². The van der Waals surface area contributed by atoms with Gasteiger partial charge < -0.3 is 4.74 Å². The van der Waals surface area contributed by atoms with Crippen molar-refractivity contribution in [2.24, 2.45) is 0 Å². The van der Waals surface area contributed by atoms with E-state index in [2.05, 4.69) is 10.2 Å². The number of thioether (sulfide) groups is 1. The lowest BCUT2D eigenvalue weighted by molar-refractivity contribution is -0.137. The molecule has 3 aromatic rings. The standard InChI is InChI=1S/C16H12ClF4N3OS/c17-13-8-10(16(19,20)21)9-24-14(13)22-23-15(24)26-7-1-6-25-12-4-2-11(18)3-5-12/h2-5,8-9H,1,6-7H2. The molecule has 0 bridgehead atoms. The number of fused-ring (bicyclic) bond motifs is 1. The molecule has 138 valence electrons. The molecule has 0 amide bonds. The van der Waals surface area contributed by atoms with E-state index in [9.17, 15) is 17.6 Å². The summed E-state index contributed by atoms with van der Waals surface area (Å²) in [5, 5.41) is 7.91. The number of pyridine rings is 1. The summed E-state index contributed by atoms with van der Waals surface area (Å²) in [5.41, 5.74) is -0.693. The average Bonchev–Trinajstić information content (AvgIpc) is 2.99. The van der Waals surface area contributed by atoms with Crippen molar-refractivity contribution in [2.45, 2.75) is 17.8 Å². The second kappa shape index (κ2) is 7.71. The molecular weight excluding hydrogens is 394 g/mol. The van der Waals surface area contributed by atoms with E-state index in [0.29, 0.717) is 29.7 Å². The van der Waals surface area contributed by atoms with Crippen LogP contribution in [-0.4, -0.2) is 27.0 Å². The highest BCUT2D eigenvalue weighted by molar-refractivity contribution is 7.99. The maximum Gasteiger partial charge on any atom is 0.417 e. The fourth-order valence-electron chi connectivity index (χ4n) is 2.13. The molecular formula is C16H12ClF4N3OS. The summed E-state index contributed by atoms with van der Waals surface area (Å²) in [6, 6.07) is 6.48. The Bertz CT molecular complexity index is 899. The van der Waals surface area contributed by atoms with Gasteiger partial charge in [-0.05, 0) is 36.8 Å². The zero-order chi connectivity index (χ0) is 18.7. The Morgan fingerprint density at radius 3 is 2.58 bits per heavy atom. The van der Waals surface area contributed by atoms with Gasteiger partial charge in [0.1, 0.15) is 11.6 Å². The predicted molar refractivity (Wildman–Crippen MR) is 90.2 cm³/mol. The number of aromatic nitrogens is 3. The summed E-state index contributed by atoms with van der Waals surface area (Å²) in [5.74, 6) is 0.755. The molecule has 0 unspecified atom stereocenters. The van der Waals surface area contributed by atoms with Crippen LogP contribution in [0.5, 0.6) is 5.75 Å². The zero-order valence-corrected chi connectivity index (χ0v) is 14.7. The van der Waals surface area contributed by atoms with E-state index >= 15 is 0 Å². The number of halogens is 5. The highest BCUT2D eigenvalue weighted by Crippen LogP contribution is 2.33. The van der Waals surface area contributed by atoms with Gasteiger partial charge in [0.25, 0.3) is 0 Å². The molecule has 0 aliphatic rings. The number of nitrogens with zero attached hydrogens (tertiary/aromatic N) is 3. The third-order valence-corrected chi connectivity index (χ3v) is 4.67. The van der Waals surface area contributed by atoms with Gasteiger partial charge >= 0.3 is 6.18 Å². The van der Waals surface area contributed by atoms with Gasteiger partial charge in [-0.25, -0.2) is 4.39 Å². The highest BCUT2D eigenvalue weighted by Gasteiger charge is 2.32. The third-order valence-electron chi connectivity index (χ3n) is 3.36. The van der Waals surface area contributed by atoms with Gasteiger partial charge in [0.05, 0.1) is 17.2 Å². The van der Waals surface area contributed by atoms with Crippen LogP contribution in [0.1, 0.15) is 12.0 Å². The van der Waals surface area contributed by atoms with Crippen molar-refractivity contribution in [3.8, 4) is 5.75 Å². The van der Waals surface area contributed by atoms with Crippen LogP contribution < -0.4 is 4.74 Å². The molecule has 10 heteroatoms. The molecule has 0 aliphatic heterocycles. The van der Waals surface area contributed by atoms with Gasteiger partial charge in [0, 0.05) is 11.9 Å². The number of benzene rings is 1. The Balaban J connectivity index is 1.60. The summed E-state index contributed by atoms with van der Waals surface area (Å²) in [6.07, 6.45) is -2.96. The number of hydrogen-bond donors (Lipinski definition) is 0. The number of alkyl halides is 3. The maximum atomic E-state index is 12.9. The first-order valence-corrected chi connectivity index (χ1v) is 8.83. The van der Waals surface area contributed by atoms with Gasteiger partial charge in [-0.2, -0.15) is 13.2 Å². The zero-order valence-electron chi connectivity index (χ0n) is 13.1. The van der Waals surface area contributed by atoms with Crippen molar-refractivity contribution in [1.82, 2.24) is 14.6 Å². The van der Waals surface area contributed by atoms with Gasteiger partial charge in [-0.15, -0.1) is 10.2 Å². The number of hydrogen-bond acceptors (Lipinski definition) is 4. The first-order valence-electron chi connectivity index (χ1n) is 7.47. The molecule has 0 fully saturated rings. The second-order valence-corrected chi connectivity index (χ2v) is 6.72. The minimum absolute atomic E-state index is 0.112. The molecule has 2 heterocycles. The predicted octanol–water partition coefficient (Wildman–Crippen LogP) is 5.10. The van der Waals surface area contributed by atoms with Gasteiger partial charge in [0.2, 0.25) is 0 Å². The maximum absolute atomic E-state index is 12.9. The summed E-state index contributed by atoms with van der Waals surface area (Å²) >= 11 is 7.11. The Hall–Kier alpha value is -2.00. The van der Waals surface area contributed by atoms with Gasteiger partial charge in [-0.3, -0.25) is 4.40 Å². The lowest BCUT2D eigenvalue weighted by Gasteiger charge is -2.09. The quantitative estimate of drug-likeness (QED) is 0.325. The van der Waals surface area contributed by atoms with Crippen molar-refractivity contribution in [2.75, 3.05) is 12.4 Å². The molecule has 0 atom stereocenters. The molecule has 0 saturated heterocycles. The molecule has 2 aromatic heterocycles. The van der Waals surface area contributed by atoms with E-state index in [1.807, 2.05) is 0 Å². The van der Waals surface area contributed by atoms with Crippen LogP contribution in [0.15, 0.2) is 41.7 Å². The van der Waals surface area contributed by atoms with E-state index in [1.165, 1.54) is 40.4 Å². The Morgan fingerprint density at radius 2 is 1.88 bits per heavy atom. The molecule has 0 radical (unpaired) electrons. The average molecular weight is 406 g/mol. The van der Waals surface area contributed by atoms with Crippen LogP contribution in [0.3, 0.4) is 0 Å². The molecule has 0 N–H and O–H groups in total. The fourth-order valence-corrected chi connectivity index (χ4v) is 3.20.